The van der Waals surface area contributed by atoms with E-state index in [2.05, 4.69) is 36.4 Å². The molecule has 0 aliphatic rings. The summed E-state index contributed by atoms with van der Waals surface area (Å²) in [6, 6.07) is 41.0. The minimum absolute atomic E-state index is 0.603. The van der Waals surface area contributed by atoms with E-state index in [0.717, 1.165) is 24.4 Å². The van der Waals surface area contributed by atoms with Gasteiger partial charge in [0.05, 0.1) is 0 Å². The molecule has 0 aromatic heterocycles. The van der Waals surface area contributed by atoms with Crippen molar-refractivity contribution in [3.05, 3.63) is 138 Å². The Bertz CT molecular complexity index is 1070. The molecule has 0 saturated heterocycles. The number of rotatable bonds is 19. The lowest BCUT2D eigenvalue weighted by Gasteiger charge is -2.30. The summed E-state index contributed by atoms with van der Waals surface area (Å²) >= 11 is 0. The van der Waals surface area contributed by atoms with Crippen LogP contribution in [0.1, 0.15) is 16.7 Å². The van der Waals surface area contributed by atoms with Gasteiger partial charge in [0.25, 0.3) is 30.0 Å². The first-order chi connectivity index (χ1) is 19.8. The van der Waals surface area contributed by atoms with E-state index >= 15 is 0 Å². The zero-order chi connectivity index (χ0) is 27.6. The average Bonchev–Trinajstić information content (AvgIpc) is 3.02. The van der Waals surface area contributed by atoms with E-state index in [0.29, 0.717) is 19.8 Å². The summed E-state index contributed by atoms with van der Waals surface area (Å²) in [7, 11) is -7.36. The van der Waals surface area contributed by atoms with Gasteiger partial charge in [-0.05, 0) is 36.0 Å². The summed E-state index contributed by atoms with van der Waals surface area (Å²) in [6.07, 6.45) is 2.52. The molecular weight excluding hydrogens is 569 g/mol. The van der Waals surface area contributed by atoms with E-state index in [9.17, 15) is 0 Å². The van der Waals surface area contributed by atoms with E-state index in [1.54, 1.807) is 0 Å². The number of benzene rings is 4. The molecule has 10 heteroatoms. The van der Waals surface area contributed by atoms with Crippen molar-refractivity contribution in [2.75, 3.05) is 19.8 Å². The first kappa shape index (κ1) is 30.5. The average molecular weight is 607 g/mol. The van der Waals surface area contributed by atoms with Crippen LogP contribution in [0.2, 0.25) is 0 Å². The van der Waals surface area contributed by atoms with Gasteiger partial charge < -0.3 is 25.6 Å². The van der Waals surface area contributed by atoms with Crippen LogP contribution in [0.3, 0.4) is 0 Å². The van der Waals surface area contributed by atoms with Crippen molar-refractivity contribution < 1.29 is 25.6 Å². The fourth-order valence-corrected chi connectivity index (χ4v) is 13.6. The van der Waals surface area contributed by atoms with Gasteiger partial charge in [0.2, 0.25) is 0 Å². The molecule has 0 spiro atoms. The lowest BCUT2D eigenvalue weighted by Crippen LogP contribution is -2.59. The smallest absolute Gasteiger partial charge is 0.399 e. The molecule has 0 amide bonds. The van der Waals surface area contributed by atoms with Crippen LogP contribution in [0.4, 0.5) is 0 Å². The first-order valence-corrected chi connectivity index (χ1v) is 18.9. The zero-order valence-electron chi connectivity index (χ0n) is 22.9. The molecule has 0 saturated carbocycles. The fourth-order valence-electron chi connectivity index (χ4n) is 4.06. The van der Waals surface area contributed by atoms with Gasteiger partial charge in [-0.1, -0.05) is 121 Å². The van der Waals surface area contributed by atoms with Crippen LogP contribution in [0.15, 0.2) is 121 Å². The van der Waals surface area contributed by atoms with Crippen molar-refractivity contribution in [2.24, 2.45) is 0 Å². The molecule has 6 nitrogen and oxygen atoms in total. The highest BCUT2D eigenvalue weighted by molar-refractivity contribution is 6.83. The van der Waals surface area contributed by atoms with Crippen LogP contribution >= 0.6 is 0 Å². The molecule has 4 aromatic carbocycles. The Morgan fingerprint density at radius 2 is 0.700 bits per heavy atom. The summed E-state index contributed by atoms with van der Waals surface area (Å²) in [4.78, 5) is 0. The molecule has 4 rings (SSSR count). The second kappa shape index (κ2) is 18.0. The van der Waals surface area contributed by atoms with Crippen LogP contribution in [-0.2, 0) is 44.9 Å². The van der Waals surface area contributed by atoms with Gasteiger partial charge in [-0.2, -0.15) is 0 Å². The summed E-state index contributed by atoms with van der Waals surface area (Å²) in [5.74, 6) is 0. The van der Waals surface area contributed by atoms with Gasteiger partial charge in [-0.3, -0.25) is 0 Å². The molecule has 0 fully saturated rings. The van der Waals surface area contributed by atoms with E-state index in [-0.39, 0.29) is 0 Å². The third-order valence-electron chi connectivity index (χ3n) is 6.26. The molecule has 0 unspecified atom stereocenters. The van der Waals surface area contributed by atoms with Gasteiger partial charge in [0, 0.05) is 25.0 Å². The summed E-state index contributed by atoms with van der Waals surface area (Å²) in [5.41, 5.74) is 3.73. The first-order valence-electron chi connectivity index (χ1n) is 13.7. The van der Waals surface area contributed by atoms with Crippen molar-refractivity contribution in [2.45, 2.75) is 19.3 Å². The normalized spacial score (nSPS) is 13.6. The van der Waals surface area contributed by atoms with Crippen LogP contribution in [-0.4, -0.2) is 58.6 Å². The maximum Gasteiger partial charge on any atom is 0.509 e. The fraction of sp³-hybridized carbons (Fsp3) is 0.200. The molecule has 0 bridgehead atoms. The Morgan fingerprint density at radius 3 is 1.02 bits per heavy atom. The minimum atomic E-state index is -3.25. The lowest BCUT2D eigenvalue weighted by molar-refractivity contribution is 0.194. The summed E-state index contributed by atoms with van der Waals surface area (Å²) in [5, 5.41) is 0.924. The van der Waals surface area contributed by atoms with Gasteiger partial charge in [0.15, 0.2) is 0 Å². The Morgan fingerprint density at radius 1 is 0.400 bits per heavy atom. The van der Waals surface area contributed by atoms with Crippen LogP contribution in [0.5, 0.6) is 0 Å². The molecule has 0 radical (unpaired) electrons. The Hall–Kier alpha value is -2.49. The predicted molar refractivity (Wildman–Crippen MR) is 169 cm³/mol. The summed E-state index contributed by atoms with van der Waals surface area (Å²) < 4.78 is 37.6. The van der Waals surface area contributed by atoms with Gasteiger partial charge >= 0.3 is 8.80 Å². The lowest BCUT2D eigenvalue weighted by atomic mass is 10.2. The van der Waals surface area contributed by atoms with E-state index in [1.165, 1.54) is 16.7 Å². The minimum Gasteiger partial charge on any atom is -0.399 e. The highest BCUT2D eigenvalue weighted by Crippen LogP contribution is 2.11. The topological polar surface area (TPSA) is 55.4 Å². The third kappa shape index (κ3) is 10.8. The highest BCUT2D eigenvalue weighted by atomic mass is 28.5. The Labute approximate surface area is 246 Å². The largest absolute Gasteiger partial charge is 0.509 e. The third-order valence-corrected chi connectivity index (χ3v) is 14.6. The van der Waals surface area contributed by atoms with Gasteiger partial charge in [-0.15, -0.1) is 0 Å². The van der Waals surface area contributed by atoms with Crippen LogP contribution in [0, 0.1) is 0 Å². The monoisotopic (exact) mass is 606 g/mol. The molecule has 0 atom stereocenters. The van der Waals surface area contributed by atoms with Crippen LogP contribution < -0.4 is 5.19 Å². The predicted octanol–water partition coefficient (Wildman–Crippen LogP) is 2.66. The standard InChI is InChI=1S/C30H38O6Si4/c1-5-13-27(14-6-1)21-24-31-37-34-40(30-19-11-4-12-20-30,35-38-32-25-22-28-15-7-2-8-16-28)36-39-33-26-23-29-17-9-3-10-18-29/h1-20H,21-26,37-39H2. The zero-order valence-corrected chi connectivity index (χ0v) is 28.1. The number of hydrogen-bond donors (Lipinski definition) is 0. The molecule has 4 aromatic rings. The highest BCUT2D eigenvalue weighted by Gasteiger charge is 2.43. The molecule has 0 heterocycles. The molecule has 0 aliphatic heterocycles. The number of hydrogen-bond acceptors (Lipinski definition) is 6. The van der Waals surface area contributed by atoms with E-state index in [1.807, 2.05) is 84.9 Å². The van der Waals surface area contributed by atoms with Gasteiger partial charge in [0.1, 0.15) is 0 Å². The van der Waals surface area contributed by atoms with E-state index < -0.39 is 38.8 Å². The van der Waals surface area contributed by atoms with Gasteiger partial charge in [-0.25, -0.2) is 0 Å². The molecule has 0 aliphatic carbocycles. The van der Waals surface area contributed by atoms with Crippen LogP contribution in [0.25, 0.3) is 0 Å². The van der Waals surface area contributed by atoms with Crippen molar-refractivity contribution in [1.29, 1.82) is 0 Å². The molecular formula is C30H38O6Si4. The van der Waals surface area contributed by atoms with Crippen molar-refractivity contribution in [3.8, 4) is 0 Å². The van der Waals surface area contributed by atoms with Crippen molar-refractivity contribution in [1.82, 2.24) is 0 Å². The van der Waals surface area contributed by atoms with Crippen molar-refractivity contribution in [3.63, 3.8) is 0 Å². The summed E-state index contributed by atoms with van der Waals surface area (Å²) in [6.45, 7) is 1.81. The quantitative estimate of drug-likeness (QED) is 0.121. The molecule has 210 valence electrons. The maximum absolute atomic E-state index is 6.50. The second-order valence-electron chi connectivity index (χ2n) is 9.14. The Balaban J connectivity index is 1.34. The van der Waals surface area contributed by atoms with Crippen molar-refractivity contribution >= 4 is 44.0 Å². The Kier molecular flexibility index (Phi) is 13.7. The van der Waals surface area contributed by atoms with E-state index in [4.69, 9.17) is 25.6 Å². The molecule has 0 N–H and O–H groups in total. The maximum atomic E-state index is 6.50. The second-order valence-corrected chi connectivity index (χ2v) is 16.2. The SMILES string of the molecule is c1ccc(CCO[SiH2]O[Si](O[SiH2]OCCc2ccccc2)(O[SiH2]OCCc2ccccc2)c2ccccc2)cc1. The molecule has 40 heavy (non-hydrogen) atoms.